The molecule has 0 aromatic heterocycles. The Labute approximate surface area is 106 Å². The maximum Gasteiger partial charge on any atom is 0.136 e. The van der Waals surface area contributed by atoms with Crippen LogP contribution in [0.2, 0.25) is 0 Å². The van der Waals surface area contributed by atoms with Gasteiger partial charge in [-0.15, -0.1) is 4.72 Å². The lowest BCUT2D eigenvalue weighted by molar-refractivity contribution is 0.531. The van der Waals surface area contributed by atoms with Crippen molar-refractivity contribution in [1.29, 1.82) is 5.26 Å². The molecule has 0 aliphatic heterocycles. The Hall–Kier alpha value is -1.02. The van der Waals surface area contributed by atoms with Crippen LogP contribution < -0.4 is 4.72 Å². The summed E-state index contributed by atoms with van der Waals surface area (Å²) < 4.78 is 14.7. The molecule has 4 heteroatoms. The minimum absolute atomic E-state index is 0.0386. The van der Waals surface area contributed by atoms with Crippen LogP contribution in [0.15, 0.2) is 24.3 Å². The van der Waals surface area contributed by atoms with Gasteiger partial charge < -0.3 is 4.55 Å². The van der Waals surface area contributed by atoms with Crippen LogP contribution in [0, 0.1) is 11.3 Å². The van der Waals surface area contributed by atoms with Gasteiger partial charge in [0.05, 0.1) is 17.7 Å². The van der Waals surface area contributed by atoms with Crippen LogP contribution in [0.3, 0.4) is 0 Å². The van der Waals surface area contributed by atoms with Gasteiger partial charge in [-0.25, -0.2) is 0 Å². The van der Waals surface area contributed by atoms with Crippen molar-refractivity contribution < 1.29 is 4.55 Å². The number of hydrogen-bond acceptors (Lipinski definition) is 3. The van der Waals surface area contributed by atoms with Gasteiger partial charge in [0, 0.05) is 11.4 Å². The van der Waals surface area contributed by atoms with E-state index in [1.165, 1.54) is 0 Å². The van der Waals surface area contributed by atoms with E-state index in [1.54, 1.807) is 6.07 Å². The molecule has 1 rings (SSSR count). The third-order valence-electron chi connectivity index (χ3n) is 2.36. The average molecular weight is 250 g/mol. The van der Waals surface area contributed by atoms with Crippen LogP contribution in [-0.4, -0.2) is 9.30 Å². The normalized spacial score (nSPS) is 15.1. The maximum absolute atomic E-state index is 11.9. The first-order chi connectivity index (χ1) is 7.84. The highest BCUT2D eigenvalue weighted by atomic mass is 32.2. The second-order valence-corrected chi connectivity index (χ2v) is 6.96. The summed E-state index contributed by atoms with van der Waals surface area (Å²) in [7, 11) is 0. The lowest BCUT2D eigenvalue weighted by Gasteiger charge is -2.26. The van der Waals surface area contributed by atoms with Gasteiger partial charge in [0.1, 0.15) is 4.75 Å². The Morgan fingerprint density at radius 3 is 2.59 bits per heavy atom. The summed E-state index contributed by atoms with van der Waals surface area (Å²) >= 11 is -1.11. The zero-order valence-electron chi connectivity index (χ0n) is 10.7. The van der Waals surface area contributed by atoms with Crippen molar-refractivity contribution in [2.24, 2.45) is 0 Å². The van der Waals surface area contributed by atoms with Crippen LogP contribution in [0.1, 0.15) is 44.9 Å². The molecule has 0 radical (unpaired) electrons. The van der Waals surface area contributed by atoms with Crippen molar-refractivity contribution >= 4 is 11.4 Å². The molecule has 17 heavy (non-hydrogen) atoms. The summed E-state index contributed by atoms with van der Waals surface area (Å²) in [4.78, 5) is 0. The van der Waals surface area contributed by atoms with Crippen LogP contribution >= 0.6 is 0 Å². The van der Waals surface area contributed by atoms with Gasteiger partial charge in [0.15, 0.2) is 0 Å². The molecule has 2 atom stereocenters. The predicted octanol–water partition coefficient (Wildman–Crippen LogP) is 2.67. The third-order valence-corrected chi connectivity index (χ3v) is 4.04. The molecule has 0 saturated carbocycles. The number of hydrogen-bond donors (Lipinski definition) is 1. The van der Waals surface area contributed by atoms with Gasteiger partial charge in [-0.1, -0.05) is 12.1 Å². The smallest absolute Gasteiger partial charge is 0.136 e. The van der Waals surface area contributed by atoms with Crippen molar-refractivity contribution in [3.63, 3.8) is 0 Å². The van der Waals surface area contributed by atoms with Crippen LogP contribution in [0.5, 0.6) is 0 Å². The standard InChI is InChI=1S/C13H18N2OS/c1-10(15-17(16)13(2,3)4)12-7-5-6-11(8-12)9-14/h5-8,10,15H,1-4H3/t10?,17-/m1/s1. The summed E-state index contributed by atoms with van der Waals surface area (Å²) in [5.41, 5.74) is 1.60. The van der Waals surface area contributed by atoms with Gasteiger partial charge in [-0.3, -0.25) is 0 Å². The first-order valence-electron chi connectivity index (χ1n) is 5.52. The minimum atomic E-state index is -1.11. The van der Waals surface area contributed by atoms with E-state index in [9.17, 15) is 4.55 Å². The number of rotatable bonds is 3. The van der Waals surface area contributed by atoms with Crippen LogP contribution in [0.4, 0.5) is 0 Å². The van der Waals surface area contributed by atoms with Gasteiger partial charge in [-0.2, -0.15) is 5.26 Å². The van der Waals surface area contributed by atoms with E-state index >= 15 is 0 Å². The van der Waals surface area contributed by atoms with Crippen molar-refractivity contribution in [2.45, 2.75) is 38.5 Å². The largest absolute Gasteiger partial charge is 0.598 e. The predicted molar refractivity (Wildman–Crippen MR) is 70.6 cm³/mol. The number of nitriles is 1. The van der Waals surface area contributed by atoms with Gasteiger partial charge >= 0.3 is 0 Å². The van der Waals surface area contributed by atoms with Crippen molar-refractivity contribution in [2.75, 3.05) is 0 Å². The molecule has 92 valence electrons. The summed E-state index contributed by atoms with van der Waals surface area (Å²) in [5, 5.41) is 8.82. The Balaban J connectivity index is 2.77. The lowest BCUT2D eigenvalue weighted by Crippen LogP contribution is -2.40. The van der Waals surface area contributed by atoms with E-state index in [2.05, 4.69) is 10.8 Å². The molecule has 0 heterocycles. The average Bonchev–Trinajstić information content (AvgIpc) is 2.27. The molecule has 0 spiro atoms. The molecule has 0 aliphatic rings. The van der Waals surface area contributed by atoms with Crippen LogP contribution in [0.25, 0.3) is 0 Å². The molecule has 0 saturated heterocycles. The third kappa shape index (κ3) is 4.04. The SMILES string of the molecule is CC(N[S@+]([O-])C(C)(C)C)c1cccc(C#N)c1. The van der Waals surface area contributed by atoms with Crippen molar-refractivity contribution in [3.05, 3.63) is 35.4 Å². The fraction of sp³-hybridized carbons (Fsp3) is 0.462. The maximum atomic E-state index is 11.9. The van der Waals surface area contributed by atoms with Gasteiger partial charge in [0.25, 0.3) is 0 Å². The molecule has 1 unspecified atom stereocenters. The van der Waals surface area contributed by atoms with Crippen LogP contribution in [-0.2, 0) is 11.4 Å². The number of benzene rings is 1. The molecule has 0 amide bonds. The first-order valence-corrected chi connectivity index (χ1v) is 6.67. The summed E-state index contributed by atoms with van der Waals surface area (Å²) in [6, 6.07) is 9.41. The fourth-order valence-corrected chi connectivity index (χ4v) is 2.09. The van der Waals surface area contributed by atoms with E-state index in [0.29, 0.717) is 5.56 Å². The first kappa shape index (κ1) is 14.0. The summed E-state index contributed by atoms with van der Waals surface area (Å²) in [6.45, 7) is 7.72. The van der Waals surface area contributed by atoms with E-state index in [0.717, 1.165) is 5.56 Å². The molecule has 3 nitrogen and oxygen atoms in total. The van der Waals surface area contributed by atoms with E-state index in [1.807, 2.05) is 45.9 Å². The number of nitrogens with one attached hydrogen (secondary N) is 1. The Morgan fingerprint density at radius 1 is 1.41 bits per heavy atom. The quantitative estimate of drug-likeness (QED) is 0.839. The zero-order chi connectivity index (χ0) is 13.1. The topological polar surface area (TPSA) is 58.9 Å². The van der Waals surface area contributed by atoms with E-state index in [-0.39, 0.29) is 10.8 Å². The van der Waals surface area contributed by atoms with E-state index < -0.39 is 11.4 Å². The molecule has 0 fully saturated rings. The molecular weight excluding hydrogens is 232 g/mol. The Kier molecular flexibility index (Phi) is 4.58. The van der Waals surface area contributed by atoms with E-state index in [4.69, 9.17) is 5.26 Å². The molecule has 1 N–H and O–H groups in total. The minimum Gasteiger partial charge on any atom is -0.598 e. The molecular formula is C13H18N2OS. The second kappa shape index (κ2) is 5.54. The second-order valence-electron chi connectivity index (χ2n) is 4.96. The highest BCUT2D eigenvalue weighted by Gasteiger charge is 2.28. The molecule has 0 aliphatic carbocycles. The molecule has 1 aromatic carbocycles. The highest BCUT2D eigenvalue weighted by Crippen LogP contribution is 2.20. The highest BCUT2D eigenvalue weighted by molar-refractivity contribution is 7.90. The Morgan fingerprint density at radius 2 is 2.06 bits per heavy atom. The summed E-state index contributed by atoms with van der Waals surface area (Å²) in [6.07, 6.45) is 0. The van der Waals surface area contributed by atoms with Crippen molar-refractivity contribution in [3.8, 4) is 6.07 Å². The monoisotopic (exact) mass is 250 g/mol. The lowest BCUT2D eigenvalue weighted by atomic mass is 10.1. The van der Waals surface area contributed by atoms with Crippen molar-refractivity contribution in [1.82, 2.24) is 4.72 Å². The number of nitrogens with zero attached hydrogens (tertiary/aromatic N) is 1. The van der Waals surface area contributed by atoms with Gasteiger partial charge in [0.2, 0.25) is 0 Å². The summed E-state index contributed by atoms with van der Waals surface area (Å²) in [5.74, 6) is 0. The molecule has 0 bridgehead atoms. The van der Waals surface area contributed by atoms with Gasteiger partial charge in [-0.05, 0) is 45.4 Å². The Bertz CT molecular complexity index is 420. The zero-order valence-corrected chi connectivity index (χ0v) is 11.5. The fourth-order valence-electron chi connectivity index (χ4n) is 1.28. The molecule has 1 aromatic rings.